The minimum Gasteiger partial charge on any atom is -0.478 e. The van der Waals surface area contributed by atoms with Crippen molar-refractivity contribution in [3.05, 3.63) is 143 Å². The summed E-state index contributed by atoms with van der Waals surface area (Å²) in [7, 11) is 0. The normalized spacial score (nSPS) is 21.4. The second-order valence-corrected chi connectivity index (χ2v) is 12.1. The molecular weight excluding hydrogens is 588 g/mol. The largest absolute Gasteiger partial charge is 0.478 e. The topological polar surface area (TPSA) is 83.5 Å². The van der Waals surface area contributed by atoms with E-state index in [9.17, 15) is 9.90 Å². The summed E-state index contributed by atoms with van der Waals surface area (Å²) in [6.07, 6.45) is -2.05. The van der Waals surface area contributed by atoms with E-state index in [1.54, 1.807) is 30.0 Å². The van der Waals surface area contributed by atoms with Crippen molar-refractivity contribution >= 4 is 17.7 Å². The molecule has 236 valence electrons. The van der Waals surface area contributed by atoms with E-state index < -0.39 is 35.8 Å². The van der Waals surface area contributed by atoms with E-state index in [1.165, 1.54) is 0 Å². The minimum absolute atomic E-state index is 0.0864. The molecule has 0 amide bonds. The Bertz CT molecular complexity index is 1440. The number of benzene rings is 4. The third-order valence-corrected chi connectivity index (χ3v) is 8.61. The van der Waals surface area contributed by atoms with Crippen molar-refractivity contribution in [1.82, 2.24) is 0 Å². The zero-order chi connectivity index (χ0) is 31.3. The van der Waals surface area contributed by atoms with Crippen LogP contribution in [-0.2, 0) is 50.1 Å². The van der Waals surface area contributed by atoms with Gasteiger partial charge in [0.05, 0.1) is 38.6 Å². The van der Waals surface area contributed by atoms with Gasteiger partial charge < -0.3 is 28.8 Å². The molecule has 1 heterocycles. The average molecular weight is 629 g/mol. The monoisotopic (exact) mass is 628 g/mol. The van der Waals surface area contributed by atoms with Gasteiger partial charge in [0.25, 0.3) is 0 Å². The first-order chi connectivity index (χ1) is 22.1. The lowest BCUT2D eigenvalue weighted by atomic mass is 9.98. The van der Waals surface area contributed by atoms with Crippen molar-refractivity contribution in [1.29, 1.82) is 0 Å². The maximum absolute atomic E-state index is 11.9. The highest BCUT2D eigenvalue weighted by Gasteiger charge is 2.48. The number of ether oxygens (including phenoxy) is 5. The Labute approximate surface area is 269 Å². The fraction of sp³-hybridized carbons (Fsp3) is 0.324. The van der Waals surface area contributed by atoms with Crippen LogP contribution < -0.4 is 0 Å². The fourth-order valence-corrected chi connectivity index (χ4v) is 6.29. The summed E-state index contributed by atoms with van der Waals surface area (Å²) < 4.78 is 32.9. The van der Waals surface area contributed by atoms with Crippen LogP contribution in [0.3, 0.4) is 0 Å². The lowest BCUT2D eigenvalue weighted by Crippen LogP contribution is -2.60. The standard InChI is InChI=1S/C37H40O7S/c1-2-45-37-35(43-25-30-20-12-13-21-31(30)36(38)39)34(42-24-29-18-10-5-11-19-29)33(41-23-28-16-8-4-9-17-28)32(44-37)26-40-22-27-14-6-3-7-15-27/h3-21,32-35,37H,2,22-26H2,1H3,(H,38,39)/t32-,33-,34+,35-,37+/m1/s1. The molecule has 0 radical (unpaired) electrons. The van der Waals surface area contributed by atoms with Crippen molar-refractivity contribution in [2.75, 3.05) is 12.4 Å². The molecule has 7 nitrogen and oxygen atoms in total. The van der Waals surface area contributed by atoms with Gasteiger partial charge in [0, 0.05) is 0 Å². The molecule has 45 heavy (non-hydrogen) atoms. The highest BCUT2D eigenvalue weighted by atomic mass is 32.2. The van der Waals surface area contributed by atoms with Crippen LogP contribution in [0.25, 0.3) is 0 Å². The van der Waals surface area contributed by atoms with Crippen LogP contribution in [0.4, 0.5) is 0 Å². The fourth-order valence-electron chi connectivity index (χ4n) is 5.32. The van der Waals surface area contributed by atoms with Gasteiger partial charge in [0.15, 0.2) is 0 Å². The number of carboxylic acid groups (broad SMARTS) is 1. The first kappa shape index (κ1) is 32.9. The molecule has 1 saturated heterocycles. The van der Waals surface area contributed by atoms with E-state index in [2.05, 4.69) is 6.92 Å². The van der Waals surface area contributed by atoms with Gasteiger partial charge in [-0.1, -0.05) is 116 Å². The molecule has 0 aliphatic carbocycles. The van der Waals surface area contributed by atoms with E-state index >= 15 is 0 Å². The molecular formula is C37H40O7S. The smallest absolute Gasteiger partial charge is 0.336 e. The molecule has 0 bridgehead atoms. The third-order valence-electron chi connectivity index (χ3n) is 7.57. The molecule has 1 fully saturated rings. The maximum atomic E-state index is 11.9. The number of thioether (sulfide) groups is 1. The van der Waals surface area contributed by atoms with E-state index in [1.807, 2.05) is 97.1 Å². The summed E-state index contributed by atoms with van der Waals surface area (Å²) in [5.41, 5.74) is 3.53. The van der Waals surface area contributed by atoms with Crippen LogP contribution in [0, 0.1) is 0 Å². The molecule has 0 saturated carbocycles. The quantitative estimate of drug-likeness (QED) is 0.140. The average Bonchev–Trinajstić information content (AvgIpc) is 3.08. The van der Waals surface area contributed by atoms with Gasteiger partial charge in [-0.05, 0) is 34.1 Å². The van der Waals surface area contributed by atoms with Crippen LogP contribution in [0.5, 0.6) is 0 Å². The van der Waals surface area contributed by atoms with Crippen LogP contribution in [-0.4, -0.2) is 53.3 Å². The summed E-state index contributed by atoms with van der Waals surface area (Å²) in [5.74, 6) is -0.209. The third kappa shape index (κ3) is 9.50. The summed E-state index contributed by atoms with van der Waals surface area (Å²) >= 11 is 1.63. The lowest BCUT2D eigenvalue weighted by molar-refractivity contribution is -0.254. The predicted octanol–water partition coefficient (Wildman–Crippen LogP) is 7.14. The van der Waals surface area contributed by atoms with Crippen molar-refractivity contribution in [3.8, 4) is 0 Å². The van der Waals surface area contributed by atoms with Crippen molar-refractivity contribution in [2.24, 2.45) is 0 Å². The number of carboxylic acids is 1. The van der Waals surface area contributed by atoms with Gasteiger partial charge in [0.1, 0.15) is 29.9 Å². The molecule has 0 spiro atoms. The van der Waals surface area contributed by atoms with Crippen LogP contribution in [0.1, 0.15) is 39.5 Å². The van der Waals surface area contributed by atoms with E-state index in [-0.39, 0.29) is 12.2 Å². The van der Waals surface area contributed by atoms with Crippen LogP contribution >= 0.6 is 11.8 Å². The molecule has 4 aromatic carbocycles. The summed E-state index contributed by atoms with van der Waals surface area (Å²) in [6.45, 7) is 3.61. The summed E-state index contributed by atoms with van der Waals surface area (Å²) in [4.78, 5) is 11.9. The number of hydrogen-bond donors (Lipinski definition) is 1. The number of aromatic carboxylic acids is 1. The van der Waals surface area contributed by atoms with Gasteiger partial charge >= 0.3 is 5.97 Å². The number of carbonyl (C=O) groups is 1. The van der Waals surface area contributed by atoms with Crippen LogP contribution in [0.2, 0.25) is 0 Å². The molecule has 0 unspecified atom stereocenters. The molecule has 4 aromatic rings. The number of hydrogen-bond acceptors (Lipinski definition) is 7. The Hall–Kier alpha value is -3.50. The van der Waals surface area contributed by atoms with Gasteiger partial charge in [-0.25, -0.2) is 4.79 Å². The zero-order valence-electron chi connectivity index (χ0n) is 25.4. The molecule has 0 aromatic heterocycles. The second-order valence-electron chi connectivity index (χ2n) is 10.8. The van der Waals surface area contributed by atoms with Gasteiger partial charge in [0.2, 0.25) is 0 Å². The van der Waals surface area contributed by atoms with Crippen molar-refractivity contribution in [3.63, 3.8) is 0 Å². The first-order valence-corrected chi connectivity index (χ1v) is 16.3. The van der Waals surface area contributed by atoms with E-state index in [4.69, 9.17) is 23.7 Å². The zero-order valence-corrected chi connectivity index (χ0v) is 26.2. The molecule has 1 aliphatic heterocycles. The first-order valence-electron chi connectivity index (χ1n) is 15.2. The molecule has 5 rings (SSSR count). The van der Waals surface area contributed by atoms with Gasteiger partial charge in [-0.2, -0.15) is 0 Å². The Morgan fingerprint density at radius 2 is 1.18 bits per heavy atom. The summed E-state index contributed by atoms with van der Waals surface area (Å²) in [5, 5.41) is 9.78. The van der Waals surface area contributed by atoms with Crippen LogP contribution in [0.15, 0.2) is 115 Å². The van der Waals surface area contributed by atoms with Gasteiger partial charge in [-0.3, -0.25) is 0 Å². The Kier molecular flexibility index (Phi) is 12.6. The highest BCUT2D eigenvalue weighted by Crippen LogP contribution is 2.35. The predicted molar refractivity (Wildman–Crippen MR) is 175 cm³/mol. The molecule has 1 aliphatic rings. The van der Waals surface area contributed by atoms with Crippen molar-refractivity contribution in [2.45, 2.75) is 63.2 Å². The van der Waals surface area contributed by atoms with Crippen molar-refractivity contribution < 1.29 is 33.6 Å². The van der Waals surface area contributed by atoms with E-state index in [0.717, 1.165) is 22.4 Å². The second kappa shape index (κ2) is 17.3. The Balaban J connectivity index is 1.43. The lowest BCUT2D eigenvalue weighted by Gasteiger charge is -2.46. The summed E-state index contributed by atoms with van der Waals surface area (Å²) in [6, 6.07) is 36.9. The highest BCUT2D eigenvalue weighted by molar-refractivity contribution is 7.99. The molecule has 8 heteroatoms. The Morgan fingerprint density at radius 3 is 1.76 bits per heavy atom. The molecule has 1 N–H and O–H groups in total. The maximum Gasteiger partial charge on any atom is 0.336 e. The molecule has 5 atom stereocenters. The number of rotatable bonds is 16. The van der Waals surface area contributed by atoms with E-state index in [0.29, 0.717) is 32.0 Å². The SMILES string of the molecule is CCS[C@@H]1O[C@H](COCc2ccccc2)[C@@H](OCc2ccccc2)[C@H](OCc2ccccc2)[C@H]1OCc1ccccc1C(=O)O. The van der Waals surface area contributed by atoms with Gasteiger partial charge in [-0.15, -0.1) is 11.8 Å². The Morgan fingerprint density at radius 1 is 0.667 bits per heavy atom. The minimum atomic E-state index is -0.995.